The minimum Gasteiger partial charge on any atom is -0.497 e. The number of hydrogen-bond acceptors (Lipinski definition) is 3. The van der Waals surface area contributed by atoms with Gasteiger partial charge in [0.15, 0.2) is 0 Å². The lowest BCUT2D eigenvalue weighted by Gasteiger charge is -2.03. The Bertz CT molecular complexity index is 481. The molecule has 2 rings (SSSR count). The number of hydrogen-bond donors (Lipinski definition) is 0. The molecule has 1 heterocycles. The van der Waals surface area contributed by atoms with Gasteiger partial charge in [-0.1, -0.05) is 11.6 Å². The first kappa shape index (κ1) is 10.5. The van der Waals surface area contributed by atoms with E-state index in [1.165, 1.54) is 0 Å². The maximum Gasteiger partial charge on any atom is 0.120 e. The molecule has 0 saturated heterocycles. The van der Waals surface area contributed by atoms with Crippen molar-refractivity contribution in [3.63, 3.8) is 0 Å². The highest BCUT2D eigenvalue weighted by Crippen LogP contribution is 2.31. The Kier molecular flexibility index (Phi) is 2.93. The average molecular weight is 240 g/mol. The number of halogens is 1. The molecule has 0 fully saturated rings. The van der Waals surface area contributed by atoms with Crippen molar-refractivity contribution in [2.75, 3.05) is 7.11 Å². The van der Waals surface area contributed by atoms with E-state index in [4.69, 9.17) is 16.3 Å². The number of aryl methyl sites for hydroxylation is 1. The van der Waals surface area contributed by atoms with Crippen LogP contribution >= 0.6 is 22.9 Å². The monoisotopic (exact) mass is 239 g/mol. The molecule has 1 aromatic carbocycles. The van der Waals surface area contributed by atoms with Gasteiger partial charge in [-0.05, 0) is 25.1 Å². The number of ether oxygens (including phenoxy) is 1. The molecular weight excluding hydrogens is 230 g/mol. The van der Waals surface area contributed by atoms with Crippen LogP contribution in [0, 0.1) is 6.92 Å². The Morgan fingerprint density at radius 1 is 1.40 bits per heavy atom. The van der Waals surface area contributed by atoms with Gasteiger partial charge in [-0.2, -0.15) is 0 Å². The van der Waals surface area contributed by atoms with Gasteiger partial charge < -0.3 is 4.74 Å². The predicted molar refractivity (Wildman–Crippen MR) is 63.8 cm³/mol. The first-order chi connectivity index (χ1) is 7.20. The summed E-state index contributed by atoms with van der Waals surface area (Å²) in [6, 6.07) is 5.61. The van der Waals surface area contributed by atoms with Crippen LogP contribution in [-0.4, -0.2) is 12.1 Å². The van der Waals surface area contributed by atoms with Crippen LogP contribution in [0.4, 0.5) is 0 Å². The highest BCUT2D eigenvalue weighted by molar-refractivity contribution is 7.09. The van der Waals surface area contributed by atoms with E-state index in [0.29, 0.717) is 5.02 Å². The first-order valence-electron chi connectivity index (χ1n) is 4.47. The molecule has 15 heavy (non-hydrogen) atoms. The van der Waals surface area contributed by atoms with Gasteiger partial charge in [-0.3, -0.25) is 0 Å². The van der Waals surface area contributed by atoms with E-state index in [1.807, 2.05) is 24.4 Å². The van der Waals surface area contributed by atoms with Crippen LogP contribution in [0.15, 0.2) is 23.6 Å². The molecule has 0 aliphatic heterocycles. The number of rotatable bonds is 2. The second-order valence-corrected chi connectivity index (χ2v) is 4.57. The third-order valence-electron chi connectivity index (χ3n) is 2.07. The summed E-state index contributed by atoms with van der Waals surface area (Å²) in [7, 11) is 1.62. The molecule has 0 spiro atoms. The van der Waals surface area contributed by atoms with Crippen molar-refractivity contribution >= 4 is 22.9 Å². The van der Waals surface area contributed by atoms with Crippen LogP contribution in [0.1, 0.15) is 5.01 Å². The first-order valence-corrected chi connectivity index (χ1v) is 5.72. The van der Waals surface area contributed by atoms with Crippen LogP contribution in [0.25, 0.3) is 11.3 Å². The molecule has 0 bridgehead atoms. The molecule has 0 unspecified atom stereocenters. The fraction of sp³-hybridized carbons (Fsp3) is 0.182. The SMILES string of the molecule is COc1ccc(-c2csc(C)n2)c(Cl)c1. The number of aromatic nitrogens is 1. The van der Waals surface area contributed by atoms with Gasteiger partial charge in [0.05, 0.1) is 22.8 Å². The normalized spacial score (nSPS) is 10.3. The van der Waals surface area contributed by atoms with Gasteiger partial charge in [0, 0.05) is 10.9 Å². The summed E-state index contributed by atoms with van der Waals surface area (Å²) in [5.74, 6) is 0.760. The Morgan fingerprint density at radius 3 is 2.73 bits per heavy atom. The van der Waals surface area contributed by atoms with Crippen molar-refractivity contribution in [2.45, 2.75) is 6.92 Å². The van der Waals surface area contributed by atoms with E-state index < -0.39 is 0 Å². The fourth-order valence-corrected chi connectivity index (χ4v) is 2.20. The Balaban J connectivity index is 2.45. The van der Waals surface area contributed by atoms with Crippen molar-refractivity contribution in [1.29, 1.82) is 0 Å². The highest BCUT2D eigenvalue weighted by atomic mass is 35.5. The summed E-state index contributed by atoms with van der Waals surface area (Å²) in [4.78, 5) is 4.39. The maximum atomic E-state index is 6.14. The second-order valence-electron chi connectivity index (χ2n) is 3.10. The maximum absolute atomic E-state index is 6.14. The average Bonchev–Trinajstić information content (AvgIpc) is 2.64. The lowest BCUT2D eigenvalue weighted by atomic mass is 10.1. The molecular formula is C11H10ClNOS. The smallest absolute Gasteiger partial charge is 0.120 e. The van der Waals surface area contributed by atoms with Crippen LogP contribution in [0.2, 0.25) is 5.02 Å². The molecule has 2 nitrogen and oxygen atoms in total. The molecule has 1 aromatic heterocycles. The highest BCUT2D eigenvalue weighted by Gasteiger charge is 2.07. The largest absolute Gasteiger partial charge is 0.497 e. The molecule has 0 aliphatic carbocycles. The number of benzene rings is 1. The third kappa shape index (κ3) is 2.13. The van der Waals surface area contributed by atoms with Gasteiger partial charge in [0.1, 0.15) is 5.75 Å². The van der Waals surface area contributed by atoms with Crippen LogP contribution in [-0.2, 0) is 0 Å². The Hall–Kier alpha value is -1.06. The molecule has 4 heteroatoms. The van der Waals surface area contributed by atoms with E-state index in [-0.39, 0.29) is 0 Å². The van der Waals surface area contributed by atoms with Crippen molar-refractivity contribution in [3.8, 4) is 17.0 Å². The van der Waals surface area contributed by atoms with Crippen LogP contribution in [0.5, 0.6) is 5.75 Å². The van der Waals surface area contributed by atoms with E-state index >= 15 is 0 Å². The third-order valence-corrected chi connectivity index (χ3v) is 3.16. The van der Waals surface area contributed by atoms with Crippen molar-refractivity contribution in [3.05, 3.63) is 33.6 Å². The summed E-state index contributed by atoms with van der Waals surface area (Å²) in [5.41, 5.74) is 1.87. The summed E-state index contributed by atoms with van der Waals surface area (Å²) in [5, 5.41) is 3.71. The molecule has 0 N–H and O–H groups in total. The summed E-state index contributed by atoms with van der Waals surface area (Å²) in [6.07, 6.45) is 0. The van der Waals surface area contributed by atoms with Crippen LogP contribution in [0.3, 0.4) is 0 Å². The van der Waals surface area contributed by atoms with Crippen LogP contribution < -0.4 is 4.74 Å². The van der Waals surface area contributed by atoms with Crippen molar-refractivity contribution in [2.24, 2.45) is 0 Å². The minimum atomic E-state index is 0.666. The summed E-state index contributed by atoms with van der Waals surface area (Å²) >= 11 is 7.75. The standard InChI is InChI=1S/C11H10ClNOS/c1-7-13-11(6-15-7)9-4-3-8(14-2)5-10(9)12/h3-6H,1-2H3. The topological polar surface area (TPSA) is 22.1 Å². The minimum absolute atomic E-state index is 0.666. The summed E-state index contributed by atoms with van der Waals surface area (Å²) < 4.78 is 5.09. The van der Waals surface area contributed by atoms with Gasteiger partial charge in [-0.15, -0.1) is 11.3 Å². The molecule has 78 valence electrons. The van der Waals surface area contributed by atoms with E-state index in [1.54, 1.807) is 24.5 Å². The lowest BCUT2D eigenvalue weighted by Crippen LogP contribution is -1.85. The second kappa shape index (κ2) is 4.21. The zero-order valence-corrected chi connectivity index (χ0v) is 10.0. The van der Waals surface area contributed by atoms with E-state index in [2.05, 4.69) is 4.98 Å². The predicted octanol–water partition coefficient (Wildman–Crippen LogP) is 3.78. The molecule has 0 atom stereocenters. The molecule has 0 radical (unpaired) electrons. The summed E-state index contributed by atoms with van der Waals surface area (Å²) in [6.45, 7) is 1.98. The van der Waals surface area contributed by atoms with Crippen molar-refractivity contribution in [1.82, 2.24) is 4.98 Å². The lowest BCUT2D eigenvalue weighted by molar-refractivity contribution is 0.415. The van der Waals surface area contributed by atoms with Crippen molar-refractivity contribution < 1.29 is 4.74 Å². The quantitative estimate of drug-likeness (QED) is 0.796. The Morgan fingerprint density at radius 2 is 2.20 bits per heavy atom. The van der Waals surface area contributed by atoms with E-state index in [0.717, 1.165) is 22.0 Å². The Labute approximate surface area is 97.5 Å². The number of thiazole rings is 1. The fourth-order valence-electron chi connectivity index (χ4n) is 1.32. The van der Waals surface area contributed by atoms with Gasteiger partial charge in [-0.25, -0.2) is 4.98 Å². The van der Waals surface area contributed by atoms with Gasteiger partial charge >= 0.3 is 0 Å². The van der Waals surface area contributed by atoms with E-state index in [9.17, 15) is 0 Å². The molecule has 0 saturated carbocycles. The molecule has 0 aliphatic rings. The molecule has 0 amide bonds. The zero-order valence-electron chi connectivity index (χ0n) is 8.45. The van der Waals surface area contributed by atoms with Gasteiger partial charge in [0.2, 0.25) is 0 Å². The number of methoxy groups -OCH3 is 1. The zero-order chi connectivity index (χ0) is 10.8. The number of nitrogens with zero attached hydrogens (tertiary/aromatic N) is 1. The van der Waals surface area contributed by atoms with Gasteiger partial charge in [0.25, 0.3) is 0 Å². The molecule has 2 aromatic rings.